The number of aliphatic hydroxyl groups is 1. The van der Waals surface area contributed by atoms with Gasteiger partial charge in [-0.2, -0.15) is 0 Å². The minimum Gasteiger partial charge on any atom is -0.393 e. The minimum atomic E-state index is -0.408. The van der Waals surface area contributed by atoms with E-state index in [0.717, 1.165) is 5.56 Å². The van der Waals surface area contributed by atoms with E-state index in [1.54, 1.807) is 35.2 Å². The lowest BCUT2D eigenvalue weighted by molar-refractivity contribution is -0.132. The predicted molar refractivity (Wildman–Crippen MR) is 111 cm³/mol. The van der Waals surface area contributed by atoms with Crippen LogP contribution >= 0.6 is 23.2 Å². The van der Waals surface area contributed by atoms with Gasteiger partial charge >= 0.3 is 6.03 Å². The summed E-state index contributed by atoms with van der Waals surface area (Å²) in [5.41, 5.74) is 2.00. The predicted octanol–water partition coefficient (Wildman–Crippen LogP) is 4.16. The Bertz CT molecular complexity index is 850. The molecule has 0 saturated carbocycles. The lowest BCUT2D eigenvalue weighted by Gasteiger charge is -2.29. The first kappa shape index (κ1) is 20.5. The molecule has 0 aliphatic carbocycles. The average molecular weight is 422 g/mol. The maximum absolute atomic E-state index is 12.3. The van der Waals surface area contributed by atoms with E-state index in [-0.39, 0.29) is 12.0 Å². The number of carbonyl (C=O) groups excluding carboxylic acids is 2. The standard InChI is InChI=1S/C20H21Cl2N3O3/c21-17-6-5-15(12-18(17)22)24-20(28)23-14-3-1-13(2-4-14)11-19(27)25-9-7-16(26)8-10-25/h1-6,12,16,26H,7-11H2,(H2,23,24,28). The van der Waals surface area contributed by atoms with Gasteiger partial charge in [0.25, 0.3) is 0 Å². The number of piperidine rings is 1. The Morgan fingerprint density at radius 2 is 1.57 bits per heavy atom. The van der Waals surface area contributed by atoms with Gasteiger partial charge in [-0.3, -0.25) is 4.79 Å². The van der Waals surface area contributed by atoms with Crippen LogP contribution in [0.3, 0.4) is 0 Å². The molecule has 2 aromatic rings. The summed E-state index contributed by atoms with van der Waals surface area (Å²) in [4.78, 5) is 26.2. The van der Waals surface area contributed by atoms with E-state index in [9.17, 15) is 14.7 Å². The number of nitrogens with one attached hydrogen (secondary N) is 2. The Balaban J connectivity index is 1.51. The number of nitrogens with zero attached hydrogens (tertiary/aromatic N) is 1. The van der Waals surface area contributed by atoms with Crippen molar-refractivity contribution in [3.05, 3.63) is 58.1 Å². The highest BCUT2D eigenvalue weighted by molar-refractivity contribution is 6.42. The molecule has 0 radical (unpaired) electrons. The molecule has 0 bridgehead atoms. The van der Waals surface area contributed by atoms with Crippen LogP contribution in [0.2, 0.25) is 10.0 Å². The minimum absolute atomic E-state index is 0.0463. The van der Waals surface area contributed by atoms with Crippen LogP contribution in [0.4, 0.5) is 16.2 Å². The molecule has 0 spiro atoms. The largest absolute Gasteiger partial charge is 0.393 e. The molecular weight excluding hydrogens is 401 g/mol. The van der Waals surface area contributed by atoms with Crippen LogP contribution in [0.1, 0.15) is 18.4 Å². The summed E-state index contributed by atoms with van der Waals surface area (Å²) in [6.45, 7) is 1.18. The van der Waals surface area contributed by atoms with Crippen molar-refractivity contribution in [2.45, 2.75) is 25.4 Å². The molecular formula is C20H21Cl2N3O3. The number of benzene rings is 2. The van der Waals surface area contributed by atoms with Crippen LogP contribution in [0.15, 0.2) is 42.5 Å². The number of hydrogen-bond donors (Lipinski definition) is 3. The maximum atomic E-state index is 12.3. The van der Waals surface area contributed by atoms with Gasteiger partial charge in [-0.1, -0.05) is 35.3 Å². The zero-order chi connectivity index (χ0) is 20.1. The lowest BCUT2D eigenvalue weighted by atomic mass is 10.1. The van der Waals surface area contributed by atoms with E-state index in [2.05, 4.69) is 10.6 Å². The third-order valence-electron chi connectivity index (χ3n) is 4.56. The average Bonchev–Trinajstić information content (AvgIpc) is 2.67. The van der Waals surface area contributed by atoms with Crippen molar-refractivity contribution < 1.29 is 14.7 Å². The number of anilines is 2. The Hall–Kier alpha value is -2.28. The molecule has 3 amide bonds. The molecule has 6 nitrogen and oxygen atoms in total. The number of amides is 3. The highest BCUT2D eigenvalue weighted by Crippen LogP contribution is 2.25. The summed E-state index contributed by atoms with van der Waals surface area (Å²) in [6.07, 6.45) is 1.25. The molecule has 1 fully saturated rings. The van der Waals surface area contributed by atoms with Gasteiger partial charge in [0.15, 0.2) is 0 Å². The Kier molecular flexibility index (Phi) is 6.78. The molecule has 0 aromatic heterocycles. The van der Waals surface area contributed by atoms with E-state index in [1.165, 1.54) is 0 Å². The van der Waals surface area contributed by atoms with Gasteiger partial charge in [0.1, 0.15) is 0 Å². The van der Waals surface area contributed by atoms with Crippen LogP contribution < -0.4 is 10.6 Å². The second-order valence-electron chi connectivity index (χ2n) is 6.69. The van der Waals surface area contributed by atoms with E-state index < -0.39 is 6.03 Å². The first-order chi connectivity index (χ1) is 13.4. The highest BCUT2D eigenvalue weighted by atomic mass is 35.5. The van der Waals surface area contributed by atoms with Crippen molar-refractivity contribution in [2.24, 2.45) is 0 Å². The summed E-state index contributed by atoms with van der Waals surface area (Å²) in [6, 6.07) is 11.5. The first-order valence-electron chi connectivity index (χ1n) is 8.98. The van der Waals surface area contributed by atoms with E-state index >= 15 is 0 Å². The summed E-state index contributed by atoms with van der Waals surface area (Å²) in [5.74, 6) is 0.0463. The number of likely N-dealkylation sites (tertiary alicyclic amines) is 1. The molecule has 0 unspecified atom stereocenters. The molecule has 1 heterocycles. The van der Waals surface area contributed by atoms with Crippen molar-refractivity contribution in [2.75, 3.05) is 23.7 Å². The van der Waals surface area contributed by atoms with Gasteiger partial charge in [0.05, 0.1) is 22.6 Å². The summed E-state index contributed by atoms with van der Waals surface area (Å²) < 4.78 is 0. The monoisotopic (exact) mass is 421 g/mol. The summed E-state index contributed by atoms with van der Waals surface area (Å²) >= 11 is 11.8. The Labute approximate surface area is 173 Å². The van der Waals surface area contributed by atoms with Gasteiger partial charge in [0.2, 0.25) is 5.91 Å². The van der Waals surface area contributed by atoms with Crippen molar-refractivity contribution in [1.82, 2.24) is 4.90 Å². The number of hydrogen-bond acceptors (Lipinski definition) is 3. The van der Waals surface area contributed by atoms with Crippen molar-refractivity contribution in [3.63, 3.8) is 0 Å². The summed E-state index contributed by atoms with van der Waals surface area (Å²) in [5, 5.41) is 15.7. The first-order valence-corrected chi connectivity index (χ1v) is 9.74. The van der Waals surface area contributed by atoms with Crippen LogP contribution in [0.25, 0.3) is 0 Å². The second-order valence-corrected chi connectivity index (χ2v) is 7.51. The molecule has 8 heteroatoms. The molecule has 1 aliphatic heterocycles. The van der Waals surface area contributed by atoms with Crippen LogP contribution in [0.5, 0.6) is 0 Å². The summed E-state index contributed by atoms with van der Waals surface area (Å²) in [7, 11) is 0. The van der Waals surface area contributed by atoms with Gasteiger partial charge in [-0.15, -0.1) is 0 Å². The second kappa shape index (κ2) is 9.28. The normalized spacial score (nSPS) is 14.6. The number of halogens is 2. The third-order valence-corrected chi connectivity index (χ3v) is 5.30. The fraction of sp³-hybridized carbons (Fsp3) is 0.300. The topological polar surface area (TPSA) is 81.7 Å². The van der Waals surface area contributed by atoms with Crippen molar-refractivity contribution in [3.8, 4) is 0 Å². The quantitative estimate of drug-likeness (QED) is 0.692. The number of carbonyl (C=O) groups is 2. The number of rotatable bonds is 4. The Morgan fingerprint density at radius 1 is 0.964 bits per heavy atom. The maximum Gasteiger partial charge on any atom is 0.323 e. The molecule has 28 heavy (non-hydrogen) atoms. The molecule has 148 valence electrons. The van der Waals surface area contributed by atoms with Crippen LogP contribution in [-0.4, -0.2) is 41.1 Å². The molecule has 3 N–H and O–H groups in total. The van der Waals surface area contributed by atoms with Gasteiger partial charge in [0, 0.05) is 24.5 Å². The highest BCUT2D eigenvalue weighted by Gasteiger charge is 2.21. The lowest BCUT2D eigenvalue weighted by Crippen LogP contribution is -2.40. The van der Waals surface area contributed by atoms with Gasteiger partial charge in [-0.05, 0) is 48.7 Å². The number of urea groups is 1. The zero-order valence-electron chi connectivity index (χ0n) is 15.1. The number of aliphatic hydroxyl groups excluding tert-OH is 1. The van der Waals surface area contributed by atoms with Gasteiger partial charge in [-0.25, -0.2) is 4.79 Å². The van der Waals surface area contributed by atoms with Crippen LogP contribution in [0, 0.1) is 0 Å². The fourth-order valence-electron chi connectivity index (χ4n) is 2.97. The van der Waals surface area contributed by atoms with Gasteiger partial charge < -0.3 is 20.6 Å². The smallest absolute Gasteiger partial charge is 0.323 e. The molecule has 1 saturated heterocycles. The van der Waals surface area contributed by atoms with Crippen LogP contribution in [-0.2, 0) is 11.2 Å². The SMILES string of the molecule is O=C(Nc1ccc(CC(=O)N2CCC(O)CC2)cc1)Nc1ccc(Cl)c(Cl)c1. The molecule has 0 atom stereocenters. The third kappa shape index (κ3) is 5.61. The Morgan fingerprint density at radius 3 is 2.21 bits per heavy atom. The zero-order valence-corrected chi connectivity index (χ0v) is 16.6. The van der Waals surface area contributed by atoms with Crippen molar-refractivity contribution >= 4 is 46.5 Å². The molecule has 2 aromatic carbocycles. The van der Waals surface area contributed by atoms with Crippen molar-refractivity contribution in [1.29, 1.82) is 0 Å². The van der Waals surface area contributed by atoms with E-state index in [1.807, 2.05) is 12.1 Å². The molecule has 3 rings (SSSR count). The van der Waals surface area contributed by atoms with E-state index in [0.29, 0.717) is 53.8 Å². The fourth-order valence-corrected chi connectivity index (χ4v) is 3.27. The molecule has 1 aliphatic rings. The van der Waals surface area contributed by atoms with E-state index in [4.69, 9.17) is 23.2 Å².